The first kappa shape index (κ1) is 17.3. The molecule has 0 saturated heterocycles. The van der Waals surface area contributed by atoms with Crippen LogP contribution in [0.1, 0.15) is 26.3 Å². The third-order valence-electron chi connectivity index (χ3n) is 3.43. The van der Waals surface area contributed by atoms with Crippen LogP contribution in [0.4, 0.5) is 27.1 Å². The zero-order chi connectivity index (χ0) is 18.1. The number of rotatable bonds is 4. The molecule has 0 saturated carbocycles. The Labute approximate surface area is 137 Å². The predicted molar refractivity (Wildman–Crippen MR) is 88.1 cm³/mol. The molecule has 0 radical (unpaired) electrons. The Balaban J connectivity index is 2.68. The van der Waals surface area contributed by atoms with Crippen molar-refractivity contribution in [1.82, 2.24) is 0 Å². The third-order valence-corrected chi connectivity index (χ3v) is 3.43. The summed E-state index contributed by atoms with van der Waals surface area (Å²) in [7, 11) is 0. The van der Waals surface area contributed by atoms with Gasteiger partial charge in [-0.1, -0.05) is 20.8 Å². The molecule has 126 valence electrons. The molecule has 1 N–H and O–H groups in total. The molecule has 0 fully saturated rings. The molecular formula is C16H16FN3O4. The molecule has 0 aliphatic rings. The van der Waals surface area contributed by atoms with E-state index in [2.05, 4.69) is 5.32 Å². The number of hydrogen-bond donors (Lipinski definition) is 1. The molecule has 0 spiro atoms. The van der Waals surface area contributed by atoms with Gasteiger partial charge in [0.15, 0.2) is 0 Å². The van der Waals surface area contributed by atoms with Crippen LogP contribution in [0.5, 0.6) is 0 Å². The van der Waals surface area contributed by atoms with Crippen LogP contribution in [0, 0.1) is 26.0 Å². The molecule has 0 aliphatic carbocycles. The molecule has 24 heavy (non-hydrogen) atoms. The number of nitro benzene ring substituents is 2. The van der Waals surface area contributed by atoms with E-state index in [-0.39, 0.29) is 11.4 Å². The summed E-state index contributed by atoms with van der Waals surface area (Å²) in [4.78, 5) is 21.2. The molecule has 2 aromatic rings. The van der Waals surface area contributed by atoms with E-state index in [1.54, 1.807) is 20.8 Å². The maximum absolute atomic E-state index is 13.0. The van der Waals surface area contributed by atoms with Crippen molar-refractivity contribution < 1.29 is 14.2 Å². The quantitative estimate of drug-likeness (QED) is 0.647. The van der Waals surface area contributed by atoms with Gasteiger partial charge in [0.1, 0.15) is 11.5 Å². The smallest absolute Gasteiger partial charge is 0.299 e. The fourth-order valence-electron chi connectivity index (χ4n) is 2.26. The average Bonchev–Trinajstić information content (AvgIpc) is 2.48. The van der Waals surface area contributed by atoms with Crippen LogP contribution >= 0.6 is 0 Å². The maximum atomic E-state index is 13.0. The number of nitrogens with one attached hydrogen (secondary N) is 1. The van der Waals surface area contributed by atoms with Gasteiger partial charge in [0.05, 0.1) is 15.9 Å². The van der Waals surface area contributed by atoms with Gasteiger partial charge in [-0.2, -0.15) is 0 Å². The molecule has 2 rings (SSSR count). The Morgan fingerprint density at radius 1 is 1.00 bits per heavy atom. The standard InChI is InChI=1S/C16H16FN3O4/c1-16(2,3)13-8-12(19(21)22)9-14(20(23)24)15(13)18-11-6-4-10(17)5-7-11/h4-9,18H,1-3H3. The molecule has 0 amide bonds. The number of halogens is 1. The fourth-order valence-corrected chi connectivity index (χ4v) is 2.26. The van der Waals surface area contributed by atoms with Crippen LogP contribution < -0.4 is 5.32 Å². The van der Waals surface area contributed by atoms with Crippen LogP contribution in [-0.2, 0) is 5.41 Å². The minimum absolute atomic E-state index is 0.157. The molecule has 2 aromatic carbocycles. The lowest BCUT2D eigenvalue weighted by atomic mass is 9.84. The van der Waals surface area contributed by atoms with E-state index in [9.17, 15) is 24.6 Å². The van der Waals surface area contributed by atoms with Gasteiger partial charge in [0.2, 0.25) is 0 Å². The number of benzene rings is 2. The fraction of sp³-hybridized carbons (Fsp3) is 0.250. The van der Waals surface area contributed by atoms with Crippen LogP contribution in [0.2, 0.25) is 0 Å². The Hall–Kier alpha value is -3.03. The van der Waals surface area contributed by atoms with E-state index >= 15 is 0 Å². The number of nitro groups is 2. The van der Waals surface area contributed by atoms with E-state index in [4.69, 9.17) is 0 Å². The predicted octanol–water partition coefficient (Wildman–Crippen LogP) is 4.68. The first-order chi connectivity index (χ1) is 11.1. The normalized spacial score (nSPS) is 11.2. The van der Waals surface area contributed by atoms with E-state index in [0.29, 0.717) is 11.3 Å². The van der Waals surface area contributed by atoms with Crippen LogP contribution in [0.25, 0.3) is 0 Å². The second-order valence-corrected chi connectivity index (χ2v) is 6.28. The Morgan fingerprint density at radius 3 is 2.04 bits per heavy atom. The van der Waals surface area contributed by atoms with Crippen molar-refractivity contribution in [3.8, 4) is 0 Å². The summed E-state index contributed by atoms with van der Waals surface area (Å²) < 4.78 is 13.0. The SMILES string of the molecule is CC(C)(C)c1cc([N+](=O)[O-])cc([N+](=O)[O-])c1Nc1ccc(F)cc1. The highest BCUT2D eigenvalue weighted by Gasteiger charge is 2.29. The second kappa shape index (κ2) is 6.23. The Bertz CT molecular complexity index is 798. The molecular weight excluding hydrogens is 317 g/mol. The zero-order valence-corrected chi connectivity index (χ0v) is 13.4. The molecule has 0 heterocycles. The molecule has 0 bridgehead atoms. The van der Waals surface area contributed by atoms with E-state index in [1.807, 2.05) is 0 Å². The summed E-state index contributed by atoms with van der Waals surface area (Å²) in [6, 6.07) is 7.55. The third kappa shape index (κ3) is 3.65. The summed E-state index contributed by atoms with van der Waals surface area (Å²) in [6.07, 6.45) is 0. The van der Waals surface area contributed by atoms with Gasteiger partial charge in [-0.3, -0.25) is 20.2 Å². The number of anilines is 2. The van der Waals surface area contributed by atoms with Crippen LogP contribution in [0.3, 0.4) is 0 Å². The topological polar surface area (TPSA) is 98.3 Å². The van der Waals surface area contributed by atoms with E-state index < -0.39 is 26.8 Å². The molecule has 0 unspecified atom stereocenters. The molecule has 0 aliphatic heterocycles. The summed E-state index contributed by atoms with van der Waals surface area (Å²) in [5.41, 5.74) is -0.315. The van der Waals surface area contributed by atoms with Gasteiger partial charge in [-0.05, 0) is 35.2 Å². The highest BCUT2D eigenvalue weighted by molar-refractivity contribution is 5.76. The van der Waals surface area contributed by atoms with Crippen molar-refractivity contribution in [3.63, 3.8) is 0 Å². The number of non-ortho nitro benzene ring substituents is 1. The van der Waals surface area contributed by atoms with Crippen molar-refractivity contribution >= 4 is 22.7 Å². The Kier molecular flexibility index (Phi) is 4.50. The number of nitrogens with zero attached hydrogens (tertiary/aromatic N) is 2. The minimum Gasteiger partial charge on any atom is -0.350 e. The van der Waals surface area contributed by atoms with Crippen molar-refractivity contribution in [2.75, 3.05) is 5.32 Å². The van der Waals surface area contributed by atoms with Crippen molar-refractivity contribution in [2.24, 2.45) is 0 Å². The molecule has 0 aromatic heterocycles. The highest BCUT2D eigenvalue weighted by Crippen LogP contribution is 2.41. The molecule has 7 nitrogen and oxygen atoms in total. The van der Waals surface area contributed by atoms with E-state index in [0.717, 1.165) is 6.07 Å². The lowest BCUT2D eigenvalue weighted by Gasteiger charge is -2.23. The van der Waals surface area contributed by atoms with Crippen LogP contribution in [0.15, 0.2) is 36.4 Å². The largest absolute Gasteiger partial charge is 0.350 e. The first-order valence-electron chi connectivity index (χ1n) is 7.09. The van der Waals surface area contributed by atoms with Gasteiger partial charge in [0.25, 0.3) is 11.4 Å². The van der Waals surface area contributed by atoms with Crippen molar-refractivity contribution in [1.29, 1.82) is 0 Å². The highest BCUT2D eigenvalue weighted by atomic mass is 19.1. The van der Waals surface area contributed by atoms with Gasteiger partial charge >= 0.3 is 0 Å². The van der Waals surface area contributed by atoms with Gasteiger partial charge in [-0.15, -0.1) is 0 Å². The second-order valence-electron chi connectivity index (χ2n) is 6.28. The summed E-state index contributed by atoms with van der Waals surface area (Å²) in [5.74, 6) is -0.435. The van der Waals surface area contributed by atoms with Gasteiger partial charge < -0.3 is 5.32 Å². The lowest BCUT2D eigenvalue weighted by molar-refractivity contribution is -0.393. The van der Waals surface area contributed by atoms with Crippen LogP contribution in [-0.4, -0.2) is 9.85 Å². The summed E-state index contributed by atoms with van der Waals surface area (Å²) in [5, 5.41) is 25.4. The summed E-state index contributed by atoms with van der Waals surface area (Å²) in [6.45, 7) is 5.39. The lowest BCUT2D eigenvalue weighted by Crippen LogP contribution is -2.15. The molecule has 8 heteroatoms. The average molecular weight is 333 g/mol. The minimum atomic E-state index is -0.673. The van der Waals surface area contributed by atoms with Gasteiger partial charge in [0, 0.05) is 11.8 Å². The van der Waals surface area contributed by atoms with Gasteiger partial charge in [-0.25, -0.2) is 4.39 Å². The number of hydrogen-bond acceptors (Lipinski definition) is 5. The van der Waals surface area contributed by atoms with E-state index in [1.165, 1.54) is 30.3 Å². The van der Waals surface area contributed by atoms with Crippen molar-refractivity contribution in [3.05, 3.63) is 68.0 Å². The maximum Gasteiger partial charge on any atom is 0.299 e. The zero-order valence-electron chi connectivity index (χ0n) is 13.4. The summed E-state index contributed by atoms with van der Waals surface area (Å²) >= 11 is 0. The monoisotopic (exact) mass is 333 g/mol. The Morgan fingerprint density at radius 2 is 1.58 bits per heavy atom. The first-order valence-corrected chi connectivity index (χ1v) is 7.09. The van der Waals surface area contributed by atoms with Crippen molar-refractivity contribution in [2.45, 2.75) is 26.2 Å². The molecule has 0 atom stereocenters.